The third kappa shape index (κ3) is 14.6. The number of benzene rings is 1. The zero-order valence-electron chi connectivity index (χ0n) is 16.1. The Bertz CT molecular complexity index is 591. The van der Waals surface area contributed by atoms with Gasteiger partial charge in [0.05, 0.1) is 65.7 Å². The van der Waals surface area contributed by atoms with E-state index in [0.29, 0.717) is 58.4 Å². The number of rotatable bonds is 19. The van der Waals surface area contributed by atoms with Crippen molar-refractivity contribution in [1.82, 2.24) is 0 Å². The van der Waals surface area contributed by atoms with Crippen LogP contribution in [-0.4, -0.2) is 74.5 Å². The molecule has 0 aliphatic rings. The van der Waals surface area contributed by atoms with Gasteiger partial charge in [-0.1, -0.05) is 36.9 Å². The zero-order valence-corrected chi connectivity index (χ0v) is 16.9. The largest absolute Gasteiger partial charge is 0.499 e. The van der Waals surface area contributed by atoms with Crippen molar-refractivity contribution in [3.63, 3.8) is 0 Å². The minimum Gasteiger partial charge on any atom is -0.499 e. The predicted octanol–water partition coefficient (Wildman–Crippen LogP) is 1.76. The minimum absolute atomic E-state index is 0.0177. The molecule has 1 aromatic rings. The highest BCUT2D eigenvalue weighted by Gasteiger charge is 2.11. The highest BCUT2D eigenvalue weighted by Crippen LogP contribution is 2.06. The Morgan fingerprint density at radius 1 is 0.714 bits per heavy atom. The van der Waals surface area contributed by atoms with Crippen molar-refractivity contribution in [2.75, 3.05) is 66.1 Å². The topological polar surface area (TPSA) is 89.5 Å². The first-order chi connectivity index (χ1) is 13.6. The van der Waals surface area contributed by atoms with Gasteiger partial charge in [0.25, 0.3) is 10.1 Å². The van der Waals surface area contributed by atoms with Crippen LogP contribution in [0, 0.1) is 0 Å². The van der Waals surface area contributed by atoms with E-state index in [2.05, 4.69) is 6.58 Å². The lowest BCUT2D eigenvalue weighted by molar-refractivity contribution is -0.00818. The summed E-state index contributed by atoms with van der Waals surface area (Å²) in [5.41, 5.74) is 0.687. The first-order valence-corrected chi connectivity index (χ1v) is 10.7. The molecule has 0 bridgehead atoms. The van der Waals surface area contributed by atoms with E-state index < -0.39 is 10.1 Å². The summed E-state index contributed by atoms with van der Waals surface area (Å²) >= 11 is 0. The predicted molar refractivity (Wildman–Crippen MR) is 104 cm³/mol. The molecule has 1 rings (SSSR count). The molecule has 0 saturated carbocycles. The molecule has 0 aromatic heterocycles. The molecule has 0 aliphatic heterocycles. The molecule has 0 saturated heterocycles. The fourth-order valence-corrected chi connectivity index (χ4v) is 3.00. The smallest absolute Gasteiger partial charge is 0.271 e. The van der Waals surface area contributed by atoms with Crippen LogP contribution in [0.3, 0.4) is 0 Å². The highest BCUT2D eigenvalue weighted by atomic mass is 32.2. The van der Waals surface area contributed by atoms with Gasteiger partial charge in [0.1, 0.15) is 12.4 Å². The summed E-state index contributed by atoms with van der Waals surface area (Å²) in [7, 11) is -3.60. The van der Waals surface area contributed by atoms with E-state index in [1.807, 2.05) is 6.07 Å². The van der Waals surface area contributed by atoms with E-state index in [0.717, 1.165) is 0 Å². The molecular weight excluding hydrogens is 388 g/mol. The molecule has 0 heterocycles. The molecule has 8 nitrogen and oxygen atoms in total. The van der Waals surface area contributed by atoms with Crippen LogP contribution in [0.5, 0.6) is 0 Å². The van der Waals surface area contributed by atoms with E-state index in [-0.39, 0.29) is 19.0 Å². The molecule has 0 fully saturated rings. The van der Waals surface area contributed by atoms with Crippen molar-refractivity contribution in [3.05, 3.63) is 48.7 Å². The van der Waals surface area contributed by atoms with Crippen LogP contribution >= 0.6 is 0 Å². The standard InChI is InChI=1S/C19H30O8S/c1-2-22-8-9-23-10-11-24-12-13-25-14-15-26-16-17-27-28(20,21)18-19-6-4-3-5-7-19/h2-7H,1,8-18H2. The van der Waals surface area contributed by atoms with Crippen molar-refractivity contribution in [1.29, 1.82) is 0 Å². The number of ether oxygens (including phenoxy) is 5. The maximum atomic E-state index is 11.8. The number of hydrogen-bond acceptors (Lipinski definition) is 8. The molecule has 28 heavy (non-hydrogen) atoms. The number of hydrogen-bond donors (Lipinski definition) is 0. The first kappa shape index (κ1) is 24.5. The molecule has 0 spiro atoms. The third-order valence-corrected chi connectivity index (χ3v) is 4.47. The minimum atomic E-state index is -3.60. The normalized spacial score (nSPS) is 11.4. The van der Waals surface area contributed by atoms with Gasteiger partial charge in [0.2, 0.25) is 0 Å². The van der Waals surface area contributed by atoms with E-state index in [9.17, 15) is 8.42 Å². The molecule has 9 heteroatoms. The average Bonchev–Trinajstić information content (AvgIpc) is 2.68. The Labute approximate surface area is 167 Å². The van der Waals surface area contributed by atoms with Crippen molar-refractivity contribution in [3.8, 4) is 0 Å². The summed E-state index contributed by atoms with van der Waals surface area (Å²) in [4.78, 5) is 0. The molecule has 1 aromatic carbocycles. The Morgan fingerprint density at radius 3 is 1.68 bits per heavy atom. The zero-order chi connectivity index (χ0) is 20.3. The lowest BCUT2D eigenvalue weighted by Gasteiger charge is -2.08. The average molecular weight is 419 g/mol. The summed E-state index contributed by atoms with van der Waals surface area (Å²) in [6, 6.07) is 8.88. The van der Waals surface area contributed by atoms with E-state index in [4.69, 9.17) is 27.9 Å². The quantitative estimate of drug-likeness (QED) is 0.191. The summed E-state index contributed by atoms with van der Waals surface area (Å²) in [6.07, 6.45) is 1.38. The molecule has 0 aliphatic carbocycles. The molecule has 0 amide bonds. The van der Waals surface area contributed by atoms with Gasteiger partial charge in [-0.25, -0.2) is 0 Å². The summed E-state index contributed by atoms with van der Waals surface area (Å²) in [6.45, 7) is 7.23. The van der Waals surface area contributed by atoms with Crippen molar-refractivity contribution in [2.24, 2.45) is 0 Å². The summed E-state index contributed by atoms with van der Waals surface area (Å²) in [5, 5.41) is 0. The molecule has 0 atom stereocenters. The van der Waals surface area contributed by atoms with Crippen molar-refractivity contribution < 1.29 is 36.3 Å². The van der Waals surface area contributed by atoms with Crippen molar-refractivity contribution in [2.45, 2.75) is 5.75 Å². The fraction of sp³-hybridized carbons (Fsp3) is 0.579. The molecule has 0 unspecified atom stereocenters. The second-order valence-corrected chi connectivity index (χ2v) is 7.14. The van der Waals surface area contributed by atoms with E-state index in [1.54, 1.807) is 24.3 Å². The highest BCUT2D eigenvalue weighted by molar-refractivity contribution is 7.85. The van der Waals surface area contributed by atoms with Gasteiger partial charge in [0, 0.05) is 0 Å². The second-order valence-electron chi connectivity index (χ2n) is 5.50. The van der Waals surface area contributed by atoms with E-state index >= 15 is 0 Å². The van der Waals surface area contributed by atoms with Crippen LogP contribution in [0.25, 0.3) is 0 Å². The van der Waals surface area contributed by atoms with Gasteiger partial charge in [0.15, 0.2) is 0 Å². The Morgan fingerprint density at radius 2 is 1.18 bits per heavy atom. The van der Waals surface area contributed by atoms with Gasteiger partial charge in [-0.15, -0.1) is 0 Å². The third-order valence-electron chi connectivity index (χ3n) is 3.26. The monoisotopic (exact) mass is 418 g/mol. The van der Waals surface area contributed by atoms with Crippen molar-refractivity contribution >= 4 is 10.1 Å². The van der Waals surface area contributed by atoms with Crippen LogP contribution in [0.2, 0.25) is 0 Å². The SMILES string of the molecule is C=COCCOCCOCCOCCOCCOS(=O)(=O)Cc1ccccc1. The summed E-state index contributed by atoms with van der Waals surface area (Å²) < 4.78 is 54.7. The van der Waals surface area contributed by atoms with Crippen LogP contribution < -0.4 is 0 Å². The maximum Gasteiger partial charge on any atom is 0.271 e. The van der Waals surface area contributed by atoms with Gasteiger partial charge >= 0.3 is 0 Å². The second kappa shape index (κ2) is 16.5. The fourth-order valence-electron chi connectivity index (χ4n) is 1.99. The lowest BCUT2D eigenvalue weighted by Crippen LogP contribution is -2.15. The van der Waals surface area contributed by atoms with Crippen LogP contribution in [0.1, 0.15) is 5.56 Å². The lowest BCUT2D eigenvalue weighted by atomic mass is 10.2. The Balaban J connectivity index is 1.84. The van der Waals surface area contributed by atoms with Gasteiger partial charge in [-0.3, -0.25) is 4.18 Å². The Hall–Kier alpha value is -1.49. The van der Waals surface area contributed by atoms with E-state index in [1.165, 1.54) is 6.26 Å². The van der Waals surface area contributed by atoms with Gasteiger partial charge < -0.3 is 23.7 Å². The maximum absolute atomic E-state index is 11.8. The molecule has 160 valence electrons. The van der Waals surface area contributed by atoms with Crippen LogP contribution in [0.15, 0.2) is 43.2 Å². The van der Waals surface area contributed by atoms with Crippen LogP contribution in [0.4, 0.5) is 0 Å². The summed E-state index contributed by atoms with van der Waals surface area (Å²) in [5.74, 6) is -0.148. The molecule has 0 N–H and O–H groups in total. The van der Waals surface area contributed by atoms with Gasteiger partial charge in [-0.05, 0) is 5.56 Å². The Kier molecular flexibility index (Phi) is 14.4. The molecule has 0 radical (unpaired) electrons. The molecular formula is C19H30O8S. The first-order valence-electron chi connectivity index (χ1n) is 9.08. The van der Waals surface area contributed by atoms with Gasteiger partial charge in [-0.2, -0.15) is 8.42 Å². The van der Waals surface area contributed by atoms with Crippen LogP contribution in [-0.2, 0) is 43.7 Å².